The standard InChI is InChI=1S/C41H35F4N5O6/c1-22-25(7-4-8-26(22)37-47-31-16-24(21-50-14-6-11-32(50)39(51)52)34(56-41(44)45)18-35(31)53-37)27-9-5-10-28(29(27)19-46)38-48-30-15-23(20-49-12-2-3-13-49)33(55-40(42)43)17-36(30)54-38/h4-5,7-10,15-18,32,40-41H,2-3,6,11-14,20-21H2,1H3,(H,51,52)/t32-/m0/s1. The monoisotopic (exact) mass is 769 g/mol. The highest BCUT2D eigenvalue weighted by Gasteiger charge is 2.32. The van der Waals surface area contributed by atoms with Gasteiger partial charge in [-0.3, -0.25) is 14.6 Å². The number of nitriles is 1. The zero-order chi connectivity index (χ0) is 39.1. The van der Waals surface area contributed by atoms with E-state index in [-0.39, 0.29) is 46.6 Å². The van der Waals surface area contributed by atoms with Gasteiger partial charge < -0.3 is 23.4 Å². The molecule has 4 aromatic carbocycles. The largest absolute Gasteiger partial charge is 0.480 e. The van der Waals surface area contributed by atoms with Gasteiger partial charge in [0.2, 0.25) is 11.8 Å². The van der Waals surface area contributed by atoms with Crippen LogP contribution in [0.1, 0.15) is 47.9 Å². The lowest BCUT2D eigenvalue weighted by atomic mass is 9.91. The molecule has 0 radical (unpaired) electrons. The van der Waals surface area contributed by atoms with E-state index in [1.54, 1.807) is 47.4 Å². The second kappa shape index (κ2) is 15.3. The third-order valence-corrected chi connectivity index (χ3v) is 10.4. The molecule has 56 heavy (non-hydrogen) atoms. The van der Waals surface area contributed by atoms with E-state index in [1.165, 1.54) is 12.1 Å². The van der Waals surface area contributed by atoms with Crippen molar-refractivity contribution in [1.29, 1.82) is 5.26 Å². The lowest BCUT2D eigenvalue weighted by Crippen LogP contribution is -2.35. The van der Waals surface area contributed by atoms with Crippen LogP contribution in [0.4, 0.5) is 17.6 Å². The van der Waals surface area contributed by atoms with Crippen molar-refractivity contribution in [3.63, 3.8) is 0 Å². The molecule has 0 saturated carbocycles. The van der Waals surface area contributed by atoms with Gasteiger partial charge in [-0.2, -0.15) is 22.8 Å². The van der Waals surface area contributed by atoms with E-state index in [0.29, 0.717) is 75.9 Å². The Hall–Kier alpha value is -5.98. The van der Waals surface area contributed by atoms with Crippen molar-refractivity contribution in [2.24, 2.45) is 0 Å². The number of halogens is 4. The summed E-state index contributed by atoms with van der Waals surface area (Å²) in [6.07, 6.45) is 3.18. The SMILES string of the molecule is Cc1c(-c2nc3cc(CN4CCC[C@H]4C(=O)O)c(OC(F)F)cc3o2)cccc1-c1cccc(-c2nc3cc(CN4CCCC4)c(OC(F)F)cc3o2)c1C#N. The van der Waals surface area contributed by atoms with Crippen LogP contribution in [-0.4, -0.2) is 69.7 Å². The van der Waals surface area contributed by atoms with E-state index in [1.807, 2.05) is 13.0 Å². The first-order chi connectivity index (χ1) is 27.1. The molecule has 0 bridgehead atoms. The summed E-state index contributed by atoms with van der Waals surface area (Å²) in [5, 5.41) is 20.2. The number of carbonyl (C=O) groups is 1. The van der Waals surface area contributed by atoms with Crippen molar-refractivity contribution < 1.29 is 45.8 Å². The zero-order valence-corrected chi connectivity index (χ0v) is 30.1. The fourth-order valence-electron chi connectivity index (χ4n) is 7.82. The molecule has 1 atom stereocenters. The molecular formula is C41H35F4N5O6. The Labute approximate surface area is 317 Å². The molecule has 2 saturated heterocycles. The number of carboxylic acids is 1. The number of benzene rings is 4. The Balaban J connectivity index is 1.15. The van der Waals surface area contributed by atoms with E-state index in [0.717, 1.165) is 25.9 Å². The lowest BCUT2D eigenvalue weighted by Gasteiger charge is -2.22. The van der Waals surface area contributed by atoms with Crippen LogP contribution in [0.5, 0.6) is 11.5 Å². The molecule has 4 heterocycles. The Bertz CT molecular complexity index is 2490. The molecule has 6 aromatic rings. The van der Waals surface area contributed by atoms with Crippen LogP contribution in [0, 0.1) is 18.3 Å². The number of oxazole rings is 2. The predicted octanol–water partition coefficient (Wildman–Crippen LogP) is 9.00. The normalized spacial score (nSPS) is 16.4. The average Bonchev–Trinajstić information content (AvgIpc) is 3.99. The molecule has 2 aliphatic rings. The number of nitrogens with zero attached hydrogens (tertiary/aromatic N) is 5. The summed E-state index contributed by atoms with van der Waals surface area (Å²) in [6, 6.07) is 18.2. The van der Waals surface area contributed by atoms with Crippen molar-refractivity contribution >= 4 is 28.2 Å². The fourth-order valence-corrected chi connectivity index (χ4v) is 7.82. The van der Waals surface area contributed by atoms with Gasteiger partial charge in [0.05, 0.1) is 11.1 Å². The second-order valence-electron chi connectivity index (χ2n) is 13.9. The van der Waals surface area contributed by atoms with Crippen LogP contribution < -0.4 is 9.47 Å². The summed E-state index contributed by atoms with van der Waals surface area (Å²) in [4.78, 5) is 25.0. The minimum absolute atomic E-state index is 0.00963. The van der Waals surface area contributed by atoms with Crippen LogP contribution in [0.2, 0.25) is 0 Å². The second-order valence-corrected chi connectivity index (χ2v) is 13.9. The van der Waals surface area contributed by atoms with Crippen molar-refractivity contribution in [3.8, 4) is 51.6 Å². The molecule has 0 unspecified atom stereocenters. The number of ether oxygens (including phenoxy) is 2. The molecule has 11 nitrogen and oxygen atoms in total. The predicted molar refractivity (Wildman–Crippen MR) is 196 cm³/mol. The van der Waals surface area contributed by atoms with Gasteiger partial charge in [-0.15, -0.1) is 0 Å². The van der Waals surface area contributed by atoms with Crippen molar-refractivity contribution in [1.82, 2.24) is 19.8 Å². The van der Waals surface area contributed by atoms with E-state index in [9.17, 15) is 32.7 Å². The summed E-state index contributed by atoms with van der Waals surface area (Å²) >= 11 is 0. The number of hydrogen-bond donors (Lipinski definition) is 1. The smallest absolute Gasteiger partial charge is 0.387 e. The molecule has 0 amide bonds. The quantitative estimate of drug-likeness (QED) is 0.119. The molecule has 0 aliphatic carbocycles. The van der Waals surface area contributed by atoms with Crippen LogP contribution in [0.15, 0.2) is 69.5 Å². The van der Waals surface area contributed by atoms with Crippen molar-refractivity contribution in [3.05, 3.63) is 82.9 Å². The molecule has 1 N–H and O–H groups in total. The van der Waals surface area contributed by atoms with E-state index < -0.39 is 25.2 Å². The van der Waals surface area contributed by atoms with E-state index in [4.69, 9.17) is 18.3 Å². The zero-order valence-electron chi connectivity index (χ0n) is 30.1. The third kappa shape index (κ3) is 7.25. The van der Waals surface area contributed by atoms with Gasteiger partial charge in [0.25, 0.3) is 0 Å². The number of alkyl halides is 4. The van der Waals surface area contributed by atoms with Gasteiger partial charge in [-0.25, -0.2) is 9.97 Å². The molecule has 2 aliphatic heterocycles. The third-order valence-electron chi connectivity index (χ3n) is 10.4. The molecule has 8 rings (SSSR count). The molecule has 0 spiro atoms. The highest BCUT2D eigenvalue weighted by Crippen LogP contribution is 2.40. The first-order valence-corrected chi connectivity index (χ1v) is 18.2. The Kier molecular flexibility index (Phi) is 10.1. The number of hydrogen-bond acceptors (Lipinski definition) is 10. The summed E-state index contributed by atoms with van der Waals surface area (Å²) in [5.74, 6) is -0.767. The number of likely N-dealkylation sites (tertiary alicyclic amines) is 2. The highest BCUT2D eigenvalue weighted by molar-refractivity contribution is 5.87. The first kappa shape index (κ1) is 37.0. The van der Waals surface area contributed by atoms with Crippen molar-refractivity contribution in [2.75, 3.05) is 19.6 Å². The topological polar surface area (TPSA) is 138 Å². The van der Waals surface area contributed by atoms with Gasteiger partial charge in [-0.1, -0.05) is 24.3 Å². The molecule has 288 valence electrons. The fraction of sp³-hybridized carbons (Fsp3) is 0.317. The van der Waals surface area contributed by atoms with Gasteiger partial charge >= 0.3 is 19.2 Å². The number of carboxylic acid groups (broad SMARTS) is 1. The molecular weight excluding hydrogens is 734 g/mol. The van der Waals surface area contributed by atoms with Crippen LogP contribution in [-0.2, 0) is 17.9 Å². The summed E-state index contributed by atoms with van der Waals surface area (Å²) in [6.45, 7) is -1.59. The molecule has 15 heteroatoms. The summed E-state index contributed by atoms with van der Waals surface area (Å²) < 4.78 is 75.7. The number of rotatable bonds is 12. The maximum Gasteiger partial charge on any atom is 0.387 e. The molecule has 2 fully saturated rings. The van der Waals surface area contributed by atoms with Crippen LogP contribution in [0.25, 0.3) is 56.2 Å². The Morgan fingerprint density at radius 3 is 1.96 bits per heavy atom. The first-order valence-electron chi connectivity index (χ1n) is 18.2. The van der Waals surface area contributed by atoms with Crippen LogP contribution in [0.3, 0.4) is 0 Å². The van der Waals surface area contributed by atoms with Crippen molar-refractivity contribution in [2.45, 2.75) is 65.0 Å². The maximum atomic E-state index is 13.5. The van der Waals surface area contributed by atoms with Crippen LogP contribution >= 0.6 is 0 Å². The lowest BCUT2D eigenvalue weighted by molar-refractivity contribution is -0.142. The van der Waals surface area contributed by atoms with E-state index in [2.05, 4.69) is 20.9 Å². The number of aliphatic carboxylic acids is 1. The highest BCUT2D eigenvalue weighted by atomic mass is 19.3. The minimum atomic E-state index is -3.12. The van der Waals surface area contributed by atoms with Gasteiger partial charge in [0, 0.05) is 47.5 Å². The van der Waals surface area contributed by atoms with Gasteiger partial charge in [0.1, 0.15) is 34.6 Å². The maximum absolute atomic E-state index is 13.5. The summed E-state index contributed by atoms with van der Waals surface area (Å²) in [7, 11) is 0. The Morgan fingerprint density at radius 2 is 1.38 bits per heavy atom. The average molecular weight is 770 g/mol. The number of fused-ring (bicyclic) bond motifs is 2. The minimum Gasteiger partial charge on any atom is -0.480 e. The summed E-state index contributed by atoms with van der Waals surface area (Å²) in [5.41, 5.74) is 5.33. The van der Waals surface area contributed by atoms with Gasteiger partial charge in [-0.05, 0) is 87.6 Å². The number of aromatic nitrogens is 2. The van der Waals surface area contributed by atoms with E-state index >= 15 is 0 Å². The molecule has 2 aromatic heterocycles. The Morgan fingerprint density at radius 1 is 0.821 bits per heavy atom. The van der Waals surface area contributed by atoms with Gasteiger partial charge in [0.15, 0.2) is 11.2 Å².